The summed E-state index contributed by atoms with van der Waals surface area (Å²) in [5.74, 6) is 0.988. The molecule has 3 aliphatic rings. The Morgan fingerprint density at radius 2 is 2.00 bits per heavy atom. The van der Waals surface area contributed by atoms with Gasteiger partial charge >= 0.3 is 0 Å². The highest BCUT2D eigenvalue weighted by atomic mass is 19.1. The maximum Gasteiger partial charge on any atom is 0.249 e. The average molecular weight is 374 g/mol. The van der Waals surface area contributed by atoms with Crippen molar-refractivity contribution in [3.63, 3.8) is 0 Å². The van der Waals surface area contributed by atoms with Crippen molar-refractivity contribution in [2.45, 2.75) is 31.7 Å². The molecule has 0 spiro atoms. The van der Waals surface area contributed by atoms with E-state index in [4.69, 9.17) is 4.74 Å². The van der Waals surface area contributed by atoms with Gasteiger partial charge in [-0.2, -0.15) is 0 Å². The molecule has 146 valence electrons. The summed E-state index contributed by atoms with van der Waals surface area (Å²) in [6, 6.07) is 6.29. The maximum absolute atomic E-state index is 13.8. The Morgan fingerprint density at radius 3 is 2.70 bits per heavy atom. The number of rotatable bonds is 6. The Hall–Kier alpha value is -1.95. The number of likely N-dealkylation sites (tertiary alicyclic amines) is 2. The van der Waals surface area contributed by atoms with Crippen molar-refractivity contribution in [3.8, 4) is 0 Å². The summed E-state index contributed by atoms with van der Waals surface area (Å²) in [7, 11) is 1.51. The molecule has 1 aliphatic carbocycles. The fraction of sp³-hybridized carbons (Fsp3) is 0.619. The molecule has 5 nitrogen and oxygen atoms in total. The van der Waals surface area contributed by atoms with Crippen LogP contribution in [0.4, 0.5) is 4.39 Å². The van der Waals surface area contributed by atoms with E-state index in [9.17, 15) is 14.0 Å². The van der Waals surface area contributed by atoms with Gasteiger partial charge < -0.3 is 14.5 Å². The Labute approximate surface area is 159 Å². The molecule has 0 unspecified atom stereocenters. The molecule has 3 atom stereocenters. The fourth-order valence-corrected chi connectivity index (χ4v) is 4.72. The lowest BCUT2D eigenvalue weighted by Crippen LogP contribution is -2.38. The van der Waals surface area contributed by atoms with E-state index in [1.54, 1.807) is 6.07 Å². The molecule has 1 aromatic carbocycles. The van der Waals surface area contributed by atoms with Crippen LogP contribution in [0.5, 0.6) is 0 Å². The van der Waals surface area contributed by atoms with Gasteiger partial charge in [-0.1, -0.05) is 25.0 Å². The third-order valence-electron chi connectivity index (χ3n) is 6.26. The summed E-state index contributed by atoms with van der Waals surface area (Å²) in [6.45, 7) is 1.96. The van der Waals surface area contributed by atoms with E-state index in [1.807, 2.05) is 15.9 Å². The first kappa shape index (κ1) is 18.4. The van der Waals surface area contributed by atoms with Gasteiger partial charge in [0.2, 0.25) is 11.8 Å². The summed E-state index contributed by atoms with van der Waals surface area (Å²) in [4.78, 5) is 28.9. The van der Waals surface area contributed by atoms with Crippen molar-refractivity contribution < 1.29 is 18.7 Å². The van der Waals surface area contributed by atoms with Gasteiger partial charge in [-0.05, 0) is 30.0 Å². The van der Waals surface area contributed by atoms with Crippen molar-refractivity contribution in [2.24, 2.45) is 17.8 Å². The third-order valence-corrected chi connectivity index (χ3v) is 6.26. The SMILES string of the molecule is COCC(=O)N1C[C@H]2CN(C(=O)CCC3CC3)C[C@H]2[C@@H]1c1cccc(F)c1. The molecule has 0 N–H and O–H groups in total. The van der Waals surface area contributed by atoms with Gasteiger partial charge in [0.1, 0.15) is 12.4 Å². The first-order chi connectivity index (χ1) is 13.1. The van der Waals surface area contributed by atoms with Crippen LogP contribution in [0.25, 0.3) is 0 Å². The number of carbonyl (C=O) groups is 2. The van der Waals surface area contributed by atoms with Crippen molar-refractivity contribution in [1.29, 1.82) is 0 Å². The van der Waals surface area contributed by atoms with Crippen molar-refractivity contribution in [3.05, 3.63) is 35.6 Å². The number of hydrogen-bond acceptors (Lipinski definition) is 3. The van der Waals surface area contributed by atoms with Crippen LogP contribution in [-0.2, 0) is 14.3 Å². The van der Waals surface area contributed by atoms with Crippen LogP contribution >= 0.6 is 0 Å². The molecule has 2 saturated heterocycles. The lowest BCUT2D eigenvalue weighted by molar-refractivity contribution is -0.137. The zero-order valence-corrected chi connectivity index (χ0v) is 15.8. The third kappa shape index (κ3) is 3.86. The number of amides is 2. The Bertz CT molecular complexity index is 721. The molecule has 2 heterocycles. The number of benzene rings is 1. The topological polar surface area (TPSA) is 49.9 Å². The van der Waals surface area contributed by atoms with Gasteiger partial charge in [-0.3, -0.25) is 9.59 Å². The van der Waals surface area contributed by atoms with Gasteiger partial charge in [0.05, 0.1) is 6.04 Å². The van der Waals surface area contributed by atoms with E-state index in [0.29, 0.717) is 26.1 Å². The van der Waals surface area contributed by atoms with E-state index in [-0.39, 0.29) is 42.1 Å². The van der Waals surface area contributed by atoms with Crippen LogP contribution in [0.15, 0.2) is 24.3 Å². The molecular weight excluding hydrogens is 347 g/mol. The van der Waals surface area contributed by atoms with Gasteiger partial charge in [-0.15, -0.1) is 0 Å². The number of hydrogen-bond donors (Lipinski definition) is 0. The van der Waals surface area contributed by atoms with E-state index < -0.39 is 0 Å². The van der Waals surface area contributed by atoms with Crippen molar-refractivity contribution in [1.82, 2.24) is 9.80 Å². The van der Waals surface area contributed by atoms with Crippen LogP contribution in [0.3, 0.4) is 0 Å². The van der Waals surface area contributed by atoms with E-state index in [2.05, 4.69) is 0 Å². The van der Waals surface area contributed by atoms with Gasteiger partial charge in [0, 0.05) is 45.0 Å². The second kappa shape index (κ2) is 7.58. The predicted molar refractivity (Wildman–Crippen MR) is 98.2 cm³/mol. The van der Waals surface area contributed by atoms with Crippen LogP contribution < -0.4 is 0 Å². The second-order valence-electron chi connectivity index (χ2n) is 8.18. The van der Waals surface area contributed by atoms with Crippen molar-refractivity contribution in [2.75, 3.05) is 33.4 Å². The summed E-state index contributed by atoms with van der Waals surface area (Å²) >= 11 is 0. The highest BCUT2D eigenvalue weighted by Gasteiger charge is 2.49. The maximum atomic E-state index is 13.8. The van der Waals surface area contributed by atoms with Gasteiger partial charge in [0.25, 0.3) is 0 Å². The lowest BCUT2D eigenvalue weighted by Gasteiger charge is -2.30. The molecule has 3 fully saturated rings. The molecule has 27 heavy (non-hydrogen) atoms. The molecule has 2 aliphatic heterocycles. The molecule has 2 amide bonds. The normalized spacial score (nSPS) is 27.1. The molecule has 6 heteroatoms. The molecular formula is C21H27FN2O3. The molecule has 0 aromatic heterocycles. The van der Waals surface area contributed by atoms with Crippen LogP contribution in [-0.4, -0.2) is 55.0 Å². The Morgan fingerprint density at radius 1 is 1.19 bits per heavy atom. The van der Waals surface area contributed by atoms with Crippen LogP contribution in [0.2, 0.25) is 0 Å². The number of ether oxygens (including phenoxy) is 1. The molecule has 0 bridgehead atoms. The minimum Gasteiger partial charge on any atom is -0.375 e. The number of halogens is 1. The average Bonchev–Trinajstić information content (AvgIpc) is 3.27. The standard InChI is InChI=1S/C21H27FN2O3/c1-27-13-20(26)24-11-16-10-23(19(25)8-7-14-5-6-14)12-18(16)21(24)15-3-2-4-17(22)9-15/h2-4,9,14,16,18,21H,5-8,10-13H2,1H3/t16-,18-,21+/m1/s1. The van der Waals surface area contributed by atoms with Crippen molar-refractivity contribution >= 4 is 11.8 Å². The van der Waals surface area contributed by atoms with Crippen LogP contribution in [0.1, 0.15) is 37.3 Å². The number of carbonyl (C=O) groups excluding carboxylic acids is 2. The van der Waals surface area contributed by atoms with E-state index in [0.717, 1.165) is 17.9 Å². The Balaban J connectivity index is 1.51. The predicted octanol–water partition coefficient (Wildman–Crippen LogP) is 2.62. The quantitative estimate of drug-likeness (QED) is 0.769. The number of nitrogens with zero attached hydrogens (tertiary/aromatic N) is 2. The molecule has 1 saturated carbocycles. The van der Waals surface area contributed by atoms with Gasteiger partial charge in [0.15, 0.2) is 0 Å². The zero-order chi connectivity index (χ0) is 19.0. The Kier molecular flexibility index (Phi) is 5.17. The highest BCUT2D eigenvalue weighted by Crippen LogP contribution is 2.45. The highest BCUT2D eigenvalue weighted by molar-refractivity contribution is 5.79. The summed E-state index contributed by atoms with van der Waals surface area (Å²) < 4.78 is 18.9. The lowest BCUT2D eigenvalue weighted by atomic mass is 9.89. The molecule has 1 aromatic rings. The monoisotopic (exact) mass is 374 g/mol. The molecule has 4 rings (SSSR count). The largest absolute Gasteiger partial charge is 0.375 e. The fourth-order valence-electron chi connectivity index (χ4n) is 4.72. The summed E-state index contributed by atoms with van der Waals surface area (Å²) in [5, 5.41) is 0. The van der Waals surface area contributed by atoms with Gasteiger partial charge in [-0.25, -0.2) is 4.39 Å². The zero-order valence-electron chi connectivity index (χ0n) is 15.8. The minimum atomic E-state index is -0.301. The number of fused-ring (bicyclic) bond motifs is 1. The first-order valence-electron chi connectivity index (χ1n) is 9.88. The number of methoxy groups -OCH3 is 1. The van der Waals surface area contributed by atoms with E-state index >= 15 is 0 Å². The second-order valence-corrected chi connectivity index (χ2v) is 8.18. The van der Waals surface area contributed by atoms with Crippen LogP contribution in [0, 0.1) is 23.6 Å². The molecule has 0 radical (unpaired) electrons. The summed E-state index contributed by atoms with van der Waals surface area (Å²) in [5.41, 5.74) is 0.805. The summed E-state index contributed by atoms with van der Waals surface area (Å²) in [6.07, 6.45) is 4.14. The first-order valence-corrected chi connectivity index (χ1v) is 9.88. The minimum absolute atomic E-state index is 0.0231. The smallest absolute Gasteiger partial charge is 0.249 e. The van der Waals surface area contributed by atoms with E-state index in [1.165, 1.54) is 32.1 Å².